The molecule has 254 valence electrons. The van der Waals surface area contributed by atoms with E-state index >= 15 is 0 Å². The summed E-state index contributed by atoms with van der Waals surface area (Å²) in [6.07, 6.45) is 11.6. The van der Waals surface area contributed by atoms with E-state index in [9.17, 15) is 24.3 Å². The van der Waals surface area contributed by atoms with E-state index < -0.39 is 59.6 Å². The number of hydrogen-bond donors (Lipinski definition) is 2. The van der Waals surface area contributed by atoms with Gasteiger partial charge in [-0.25, -0.2) is 0 Å². The van der Waals surface area contributed by atoms with Crippen molar-refractivity contribution in [2.75, 3.05) is 26.9 Å². The minimum atomic E-state index is -1.38. The molecule has 3 fully saturated rings. The molecule has 1 spiro atoms. The van der Waals surface area contributed by atoms with Crippen LogP contribution < -0.4 is 5.32 Å². The van der Waals surface area contributed by atoms with E-state index in [1.54, 1.807) is 12.2 Å². The van der Waals surface area contributed by atoms with Crippen molar-refractivity contribution in [2.24, 2.45) is 11.8 Å². The fraction of sp³-hybridized carbons (Fsp3) is 0.611. The Bertz CT molecular complexity index is 1370. The van der Waals surface area contributed by atoms with Gasteiger partial charge < -0.3 is 34.4 Å². The lowest BCUT2D eigenvalue weighted by atomic mass is 9.74. The number of likely N-dealkylation sites (tertiary alicyclic amines) is 1. The number of amides is 3. The van der Waals surface area contributed by atoms with Gasteiger partial charge in [-0.2, -0.15) is 0 Å². The van der Waals surface area contributed by atoms with Crippen molar-refractivity contribution in [3.63, 3.8) is 0 Å². The number of carbonyl (C=O) groups excluding carboxylic acids is 4. The SMILES string of the molecule is CC[C@@H](CO)N1C(=O)[C@@H]2[C@H]3C(=O)O[C@@H](c4ccccc4)[C@H](COC)NC(=O)CC/C=C\CN(C4CCCCC4)C(=O)[C@@H]1[C@]21C=C[C@H]3O1. The number of aliphatic hydroxyl groups excluding tert-OH is 1. The van der Waals surface area contributed by atoms with Crippen LogP contribution in [-0.2, 0) is 33.4 Å². The van der Waals surface area contributed by atoms with Gasteiger partial charge in [-0.1, -0.05) is 80.8 Å². The zero-order valence-corrected chi connectivity index (χ0v) is 27.3. The number of benzene rings is 1. The van der Waals surface area contributed by atoms with Crippen LogP contribution in [0.25, 0.3) is 0 Å². The molecule has 4 heterocycles. The molecule has 8 atom stereocenters. The molecule has 1 aromatic carbocycles. The van der Waals surface area contributed by atoms with E-state index in [4.69, 9.17) is 14.2 Å². The van der Waals surface area contributed by atoms with Gasteiger partial charge in [-0.15, -0.1) is 0 Å². The number of esters is 1. The van der Waals surface area contributed by atoms with Crippen LogP contribution in [0.5, 0.6) is 0 Å². The summed E-state index contributed by atoms with van der Waals surface area (Å²) in [6.45, 7) is 1.95. The Hall–Kier alpha value is -3.54. The van der Waals surface area contributed by atoms with Crippen molar-refractivity contribution in [2.45, 2.75) is 100 Å². The van der Waals surface area contributed by atoms with Crippen molar-refractivity contribution in [3.8, 4) is 0 Å². The predicted molar refractivity (Wildman–Crippen MR) is 172 cm³/mol. The third-order valence-corrected chi connectivity index (χ3v) is 10.6. The average molecular weight is 650 g/mol. The molecule has 11 heteroatoms. The topological polar surface area (TPSA) is 135 Å². The Labute approximate surface area is 276 Å². The summed E-state index contributed by atoms with van der Waals surface area (Å²) in [5.41, 5.74) is -0.713. The van der Waals surface area contributed by atoms with E-state index in [-0.39, 0.29) is 37.5 Å². The molecule has 1 aromatic rings. The van der Waals surface area contributed by atoms with Crippen LogP contribution >= 0.6 is 0 Å². The van der Waals surface area contributed by atoms with E-state index in [1.807, 2.05) is 54.3 Å². The molecule has 11 nitrogen and oxygen atoms in total. The number of nitrogens with zero attached hydrogens (tertiary/aromatic N) is 2. The fourth-order valence-corrected chi connectivity index (χ4v) is 8.35. The van der Waals surface area contributed by atoms with Crippen LogP contribution in [0.1, 0.15) is 70.0 Å². The highest BCUT2D eigenvalue weighted by Crippen LogP contribution is 2.56. The molecule has 47 heavy (non-hydrogen) atoms. The van der Waals surface area contributed by atoms with Crippen LogP contribution in [0.15, 0.2) is 54.6 Å². The smallest absolute Gasteiger partial charge is 0.313 e. The number of cyclic esters (lactones) is 1. The number of rotatable bonds is 7. The number of methoxy groups -OCH3 is 1. The fourth-order valence-electron chi connectivity index (χ4n) is 8.35. The van der Waals surface area contributed by atoms with Gasteiger partial charge >= 0.3 is 5.97 Å². The second-order valence-corrected chi connectivity index (χ2v) is 13.4. The summed E-state index contributed by atoms with van der Waals surface area (Å²) >= 11 is 0. The number of nitrogens with one attached hydrogen (secondary N) is 1. The zero-order valence-electron chi connectivity index (χ0n) is 27.3. The first kappa shape index (κ1) is 33.4. The van der Waals surface area contributed by atoms with Gasteiger partial charge in [0.15, 0.2) is 0 Å². The van der Waals surface area contributed by atoms with E-state index in [0.717, 1.165) is 32.1 Å². The molecule has 1 aliphatic carbocycles. The lowest BCUT2D eigenvalue weighted by Crippen LogP contribution is -2.60. The average Bonchev–Trinajstić information content (AvgIpc) is 3.73. The molecule has 0 unspecified atom stereocenters. The van der Waals surface area contributed by atoms with Gasteiger partial charge in [-0.05, 0) is 31.2 Å². The minimum Gasteiger partial charge on any atom is -0.455 e. The second kappa shape index (κ2) is 14.3. The first-order valence-electron chi connectivity index (χ1n) is 17.1. The van der Waals surface area contributed by atoms with Gasteiger partial charge in [-0.3, -0.25) is 19.2 Å². The number of carbonyl (C=O) groups is 4. The summed E-state index contributed by atoms with van der Waals surface area (Å²) in [7, 11) is 1.52. The van der Waals surface area contributed by atoms with Gasteiger partial charge in [0.25, 0.3) is 0 Å². The molecular weight excluding hydrogens is 602 g/mol. The highest BCUT2D eigenvalue weighted by Gasteiger charge is 2.74. The third kappa shape index (κ3) is 6.13. The van der Waals surface area contributed by atoms with Gasteiger partial charge in [0.2, 0.25) is 17.7 Å². The van der Waals surface area contributed by atoms with Gasteiger partial charge in [0.1, 0.15) is 23.7 Å². The monoisotopic (exact) mass is 649 g/mol. The summed E-state index contributed by atoms with van der Waals surface area (Å²) < 4.78 is 18.3. The predicted octanol–water partition coefficient (Wildman–Crippen LogP) is 2.83. The Morgan fingerprint density at radius 2 is 1.83 bits per heavy atom. The highest BCUT2D eigenvalue weighted by atomic mass is 16.6. The van der Waals surface area contributed by atoms with Crippen LogP contribution in [0.2, 0.25) is 0 Å². The second-order valence-electron chi connectivity index (χ2n) is 13.4. The Kier molecular flexibility index (Phi) is 10.1. The molecule has 5 aliphatic rings. The first-order chi connectivity index (χ1) is 22.8. The normalized spacial score (nSPS) is 34.7. The molecule has 4 aliphatic heterocycles. The summed E-state index contributed by atoms with van der Waals surface area (Å²) in [5.74, 6) is -3.53. The van der Waals surface area contributed by atoms with Crippen molar-refractivity contribution >= 4 is 23.7 Å². The first-order valence-corrected chi connectivity index (χ1v) is 17.1. The molecular formula is C36H47N3O8. The Morgan fingerprint density at radius 3 is 2.53 bits per heavy atom. The summed E-state index contributed by atoms with van der Waals surface area (Å²) in [6, 6.07) is 6.75. The van der Waals surface area contributed by atoms with Crippen molar-refractivity contribution in [1.29, 1.82) is 0 Å². The van der Waals surface area contributed by atoms with Crippen LogP contribution in [0, 0.1) is 11.8 Å². The molecule has 2 N–H and O–H groups in total. The summed E-state index contributed by atoms with van der Waals surface area (Å²) in [4.78, 5) is 60.3. The number of fused-ring (bicyclic) bond motifs is 2. The molecule has 6 rings (SSSR count). The van der Waals surface area contributed by atoms with E-state index in [2.05, 4.69) is 5.32 Å². The zero-order chi connectivity index (χ0) is 33.1. The number of hydrogen-bond acceptors (Lipinski definition) is 8. The lowest BCUT2D eigenvalue weighted by molar-refractivity contribution is -0.163. The Morgan fingerprint density at radius 1 is 1.06 bits per heavy atom. The molecule has 0 aromatic heterocycles. The highest BCUT2D eigenvalue weighted by molar-refractivity contribution is 5.99. The van der Waals surface area contributed by atoms with Crippen LogP contribution in [-0.4, -0.2) is 101 Å². The maximum absolute atomic E-state index is 14.9. The number of ether oxygens (including phenoxy) is 3. The molecule has 0 radical (unpaired) electrons. The quantitative estimate of drug-likeness (QED) is 0.340. The van der Waals surface area contributed by atoms with Crippen LogP contribution in [0.3, 0.4) is 0 Å². The molecule has 3 amide bonds. The lowest BCUT2D eigenvalue weighted by Gasteiger charge is -2.41. The van der Waals surface area contributed by atoms with Gasteiger partial charge in [0.05, 0.1) is 37.3 Å². The number of aliphatic hydroxyl groups is 1. The van der Waals surface area contributed by atoms with E-state index in [0.29, 0.717) is 24.9 Å². The van der Waals surface area contributed by atoms with Crippen LogP contribution in [0.4, 0.5) is 0 Å². The molecule has 2 saturated heterocycles. The largest absolute Gasteiger partial charge is 0.455 e. The maximum Gasteiger partial charge on any atom is 0.313 e. The standard InChI is InChI=1S/C36H47N3O8/c1-3-24(21-40)39-32-34(43)38(25-15-9-5-10-16-25)20-12-6-11-17-28(41)37-26(22-45-2)31(23-13-7-4-8-14-23)46-35(44)29-27-18-19-36(32,47-27)30(29)33(39)42/h4,6-8,12-14,18-19,24-27,29-32,40H,3,5,9-11,15-17,20-22H2,1-2H3,(H,37,41)/b12-6-/t24-,26-,27+,29-,30-,31-,32+,36-/m0/s1. The van der Waals surface area contributed by atoms with Crippen molar-refractivity contribution < 1.29 is 38.5 Å². The third-order valence-electron chi connectivity index (χ3n) is 10.6. The Balaban J connectivity index is 1.45. The van der Waals surface area contributed by atoms with Crippen molar-refractivity contribution in [1.82, 2.24) is 15.1 Å². The van der Waals surface area contributed by atoms with Crippen molar-refractivity contribution in [3.05, 3.63) is 60.2 Å². The minimum absolute atomic E-state index is 0.0161. The molecule has 5 bridgehead atoms. The maximum atomic E-state index is 14.9. The van der Waals surface area contributed by atoms with E-state index in [1.165, 1.54) is 12.0 Å². The summed E-state index contributed by atoms with van der Waals surface area (Å²) in [5, 5.41) is 13.5. The number of allylic oxidation sites excluding steroid dienone is 1. The molecule has 1 saturated carbocycles. The van der Waals surface area contributed by atoms with Gasteiger partial charge in [0, 0.05) is 26.1 Å².